The highest BCUT2D eigenvalue weighted by atomic mass is 16.7. The molecular formula is C16H22N4O2. The van der Waals surface area contributed by atoms with E-state index < -0.39 is 0 Å². The minimum atomic E-state index is -0.0502. The summed E-state index contributed by atoms with van der Waals surface area (Å²) in [5.74, 6) is 0. The second-order valence-corrected chi connectivity index (χ2v) is 5.36. The minimum Gasteiger partial charge on any atom is -0.388 e. The summed E-state index contributed by atoms with van der Waals surface area (Å²) in [5.41, 5.74) is 3.01. The van der Waals surface area contributed by atoms with Gasteiger partial charge in [0.25, 0.3) is 0 Å². The van der Waals surface area contributed by atoms with Gasteiger partial charge >= 0.3 is 0 Å². The van der Waals surface area contributed by atoms with Crippen molar-refractivity contribution < 1.29 is 9.47 Å². The smallest absolute Gasteiger partial charge is 0.157 e. The molecule has 6 heteroatoms. The average Bonchev–Trinajstić information content (AvgIpc) is 3.05. The summed E-state index contributed by atoms with van der Waals surface area (Å²) in [5, 5.41) is 11.5. The summed E-state index contributed by atoms with van der Waals surface area (Å²) in [7, 11) is 1.90. The van der Waals surface area contributed by atoms with Crippen molar-refractivity contribution in [2.45, 2.75) is 32.1 Å². The lowest BCUT2D eigenvalue weighted by Crippen LogP contribution is -2.24. The number of nitrogens with one attached hydrogen (secondary N) is 1. The molecule has 2 heterocycles. The van der Waals surface area contributed by atoms with Crippen molar-refractivity contribution in [3.05, 3.63) is 30.5 Å². The Morgan fingerprint density at radius 3 is 2.91 bits per heavy atom. The second-order valence-electron chi connectivity index (χ2n) is 5.36. The van der Waals surface area contributed by atoms with E-state index in [1.165, 1.54) is 6.42 Å². The fraction of sp³-hybridized carbons (Fsp3) is 0.500. The summed E-state index contributed by atoms with van der Waals surface area (Å²) < 4.78 is 13.1. The topological polar surface area (TPSA) is 61.2 Å². The Morgan fingerprint density at radius 2 is 2.18 bits per heavy atom. The molecule has 118 valence electrons. The zero-order chi connectivity index (χ0) is 15.2. The molecule has 22 heavy (non-hydrogen) atoms. The molecule has 0 aliphatic carbocycles. The Labute approximate surface area is 130 Å². The Hall–Kier alpha value is -1.92. The van der Waals surface area contributed by atoms with Crippen LogP contribution in [-0.4, -0.2) is 41.5 Å². The first kappa shape index (κ1) is 15.0. The van der Waals surface area contributed by atoms with Gasteiger partial charge in [0.2, 0.25) is 0 Å². The normalized spacial score (nSPS) is 18.3. The molecule has 1 saturated heterocycles. The van der Waals surface area contributed by atoms with Crippen molar-refractivity contribution >= 4 is 5.69 Å². The highest BCUT2D eigenvalue weighted by Crippen LogP contribution is 2.18. The highest BCUT2D eigenvalue weighted by molar-refractivity contribution is 5.61. The lowest BCUT2D eigenvalue weighted by atomic mass is 10.1. The molecule has 3 rings (SSSR count). The van der Waals surface area contributed by atoms with Gasteiger partial charge < -0.3 is 14.8 Å². The maximum absolute atomic E-state index is 5.71. The van der Waals surface area contributed by atoms with Crippen LogP contribution in [0.5, 0.6) is 0 Å². The number of nitrogens with zero attached hydrogens (tertiary/aromatic N) is 3. The van der Waals surface area contributed by atoms with Gasteiger partial charge in [-0.05, 0) is 31.4 Å². The summed E-state index contributed by atoms with van der Waals surface area (Å²) in [6.45, 7) is 2.08. The lowest BCUT2D eigenvalue weighted by Gasteiger charge is -2.22. The fourth-order valence-corrected chi connectivity index (χ4v) is 2.47. The van der Waals surface area contributed by atoms with E-state index in [1.54, 1.807) is 0 Å². The predicted molar refractivity (Wildman–Crippen MR) is 84.5 cm³/mol. The van der Waals surface area contributed by atoms with Gasteiger partial charge in [0.05, 0.1) is 19.3 Å². The van der Waals surface area contributed by atoms with Crippen LogP contribution in [0.25, 0.3) is 11.3 Å². The van der Waals surface area contributed by atoms with Gasteiger partial charge in [-0.15, -0.1) is 5.10 Å². The first-order valence-corrected chi connectivity index (χ1v) is 7.77. The van der Waals surface area contributed by atoms with Crippen LogP contribution in [0.3, 0.4) is 0 Å². The van der Waals surface area contributed by atoms with Gasteiger partial charge in [-0.25, -0.2) is 4.68 Å². The van der Waals surface area contributed by atoms with Crippen molar-refractivity contribution in [2.75, 3.05) is 25.6 Å². The summed E-state index contributed by atoms with van der Waals surface area (Å²) >= 11 is 0. The zero-order valence-corrected chi connectivity index (χ0v) is 12.9. The van der Waals surface area contributed by atoms with Crippen molar-refractivity contribution in [3.8, 4) is 11.3 Å². The van der Waals surface area contributed by atoms with Crippen molar-refractivity contribution in [2.24, 2.45) is 0 Å². The molecule has 0 amide bonds. The second kappa shape index (κ2) is 7.38. The van der Waals surface area contributed by atoms with Crippen LogP contribution in [0.4, 0.5) is 5.69 Å². The summed E-state index contributed by atoms with van der Waals surface area (Å²) in [6, 6.07) is 8.12. The number of ether oxygens (including phenoxy) is 2. The average molecular weight is 302 g/mol. The van der Waals surface area contributed by atoms with Crippen LogP contribution in [-0.2, 0) is 16.0 Å². The van der Waals surface area contributed by atoms with Crippen LogP contribution < -0.4 is 5.32 Å². The lowest BCUT2D eigenvalue weighted by molar-refractivity contribution is -0.163. The maximum Gasteiger partial charge on any atom is 0.157 e. The third-order valence-electron chi connectivity index (χ3n) is 3.77. The molecule has 6 nitrogen and oxygen atoms in total. The molecule has 1 aliphatic heterocycles. The van der Waals surface area contributed by atoms with Crippen LogP contribution >= 0.6 is 0 Å². The van der Waals surface area contributed by atoms with E-state index >= 15 is 0 Å². The van der Waals surface area contributed by atoms with E-state index in [0.29, 0.717) is 13.2 Å². The zero-order valence-electron chi connectivity index (χ0n) is 12.9. The molecule has 0 bridgehead atoms. The highest BCUT2D eigenvalue weighted by Gasteiger charge is 2.13. The van der Waals surface area contributed by atoms with Crippen LogP contribution in [0.2, 0.25) is 0 Å². The van der Waals surface area contributed by atoms with Crippen molar-refractivity contribution in [1.29, 1.82) is 0 Å². The Morgan fingerprint density at radius 1 is 1.32 bits per heavy atom. The molecule has 2 aromatic rings. The van der Waals surface area contributed by atoms with Crippen molar-refractivity contribution in [1.82, 2.24) is 15.0 Å². The molecule has 1 fully saturated rings. The van der Waals surface area contributed by atoms with E-state index in [4.69, 9.17) is 9.47 Å². The Kier molecular flexibility index (Phi) is 5.03. The van der Waals surface area contributed by atoms with Gasteiger partial charge in [0.15, 0.2) is 6.29 Å². The SMILES string of the molecule is CNc1ccc(-c2cn(CCOC3CCCCO3)nn2)cc1. The maximum atomic E-state index is 5.71. The van der Waals surface area contributed by atoms with Gasteiger partial charge in [-0.3, -0.25) is 0 Å². The molecule has 1 aliphatic rings. The quantitative estimate of drug-likeness (QED) is 0.888. The molecule has 1 atom stereocenters. The molecule has 0 radical (unpaired) electrons. The standard InChI is InChI=1S/C16H22N4O2/c1-17-14-7-5-13(6-8-14)15-12-20(19-18-15)9-11-22-16-4-2-3-10-21-16/h5-8,12,16-17H,2-4,9-11H2,1H3. The fourth-order valence-electron chi connectivity index (χ4n) is 2.47. The minimum absolute atomic E-state index is 0.0502. The van der Waals surface area contributed by atoms with Gasteiger partial charge in [-0.2, -0.15) is 0 Å². The molecule has 0 saturated carbocycles. The van der Waals surface area contributed by atoms with Gasteiger partial charge in [-0.1, -0.05) is 17.3 Å². The van der Waals surface area contributed by atoms with E-state index in [1.807, 2.05) is 42.2 Å². The number of rotatable bonds is 6. The van der Waals surface area contributed by atoms with E-state index in [-0.39, 0.29) is 6.29 Å². The van der Waals surface area contributed by atoms with E-state index in [9.17, 15) is 0 Å². The number of aromatic nitrogens is 3. The number of benzene rings is 1. The van der Waals surface area contributed by atoms with Crippen LogP contribution in [0, 0.1) is 0 Å². The molecule has 0 spiro atoms. The van der Waals surface area contributed by atoms with Crippen LogP contribution in [0.15, 0.2) is 30.5 Å². The van der Waals surface area contributed by atoms with E-state index in [2.05, 4.69) is 15.6 Å². The molecule has 1 unspecified atom stereocenters. The number of anilines is 1. The third-order valence-corrected chi connectivity index (χ3v) is 3.77. The van der Waals surface area contributed by atoms with Crippen molar-refractivity contribution in [3.63, 3.8) is 0 Å². The summed E-state index contributed by atoms with van der Waals surface area (Å²) in [4.78, 5) is 0. The van der Waals surface area contributed by atoms with E-state index in [0.717, 1.165) is 36.4 Å². The molecule has 1 N–H and O–H groups in total. The number of hydrogen-bond acceptors (Lipinski definition) is 5. The summed E-state index contributed by atoms with van der Waals surface area (Å²) in [6.07, 6.45) is 5.20. The van der Waals surface area contributed by atoms with Gasteiger partial charge in [0.1, 0.15) is 5.69 Å². The number of hydrogen-bond donors (Lipinski definition) is 1. The monoisotopic (exact) mass is 302 g/mol. The molecule has 1 aromatic heterocycles. The Balaban J connectivity index is 1.51. The molecular weight excluding hydrogens is 280 g/mol. The third kappa shape index (κ3) is 3.84. The predicted octanol–water partition coefficient (Wildman–Crippen LogP) is 2.53. The van der Waals surface area contributed by atoms with Gasteiger partial charge in [0, 0.05) is 24.9 Å². The Bertz CT molecular complexity index is 576. The largest absolute Gasteiger partial charge is 0.388 e. The molecule has 1 aromatic carbocycles. The first-order valence-electron chi connectivity index (χ1n) is 7.77. The van der Waals surface area contributed by atoms with Crippen LogP contribution in [0.1, 0.15) is 19.3 Å². The first-order chi connectivity index (χ1) is 10.8.